The van der Waals surface area contributed by atoms with Crippen molar-refractivity contribution >= 4 is 11.0 Å². The number of hydrogen-bond donors (Lipinski definition) is 2. The monoisotopic (exact) mass is 528 g/mol. The Morgan fingerprint density at radius 1 is 0.925 bits per heavy atom. The molecule has 0 unspecified atom stereocenters. The molecule has 1 aliphatic carbocycles. The molecular formula is C35H36N4O. The van der Waals surface area contributed by atoms with Crippen LogP contribution in [0.2, 0.25) is 0 Å². The summed E-state index contributed by atoms with van der Waals surface area (Å²) in [6, 6.07) is 28.7. The number of benzene rings is 3. The molecule has 40 heavy (non-hydrogen) atoms. The average Bonchev–Trinajstić information content (AvgIpc) is 3.33. The first-order valence-electron chi connectivity index (χ1n) is 14.1. The summed E-state index contributed by atoms with van der Waals surface area (Å²) in [6.45, 7) is 3.33. The number of aromatic nitrogens is 3. The lowest BCUT2D eigenvalue weighted by Gasteiger charge is -2.14. The van der Waals surface area contributed by atoms with Crippen LogP contribution in [0.4, 0.5) is 0 Å². The molecule has 0 bridgehead atoms. The van der Waals surface area contributed by atoms with Gasteiger partial charge in [-0.25, -0.2) is 4.98 Å². The van der Waals surface area contributed by atoms with Crippen LogP contribution in [-0.4, -0.2) is 25.3 Å². The van der Waals surface area contributed by atoms with Crippen LogP contribution < -0.4 is 5.49 Å². The van der Waals surface area contributed by atoms with Gasteiger partial charge >= 0.3 is 0 Å². The third kappa shape index (κ3) is 5.78. The normalized spacial score (nSPS) is 13.4. The fourth-order valence-corrected chi connectivity index (χ4v) is 5.49. The molecule has 0 radical (unpaired) electrons. The lowest BCUT2D eigenvalue weighted by Crippen LogP contribution is -2.20. The Hall–Kier alpha value is -4.40. The maximum absolute atomic E-state index is 9.03. The Morgan fingerprint density at radius 3 is 2.20 bits per heavy atom. The van der Waals surface area contributed by atoms with Crippen LogP contribution in [0, 0.1) is 17.8 Å². The fourth-order valence-electron chi connectivity index (χ4n) is 5.49. The molecule has 1 saturated carbocycles. The molecule has 2 heterocycles. The molecule has 5 heteroatoms. The summed E-state index contributed by atoms with van der Waals surface area (Å²) in [7, 11) is 0. The van der Waals surface area contributed by atoms with Gasteiger partial charge in [-0.15, -0.1) is 6.42 Å². The Labute approximate surface area is 236 Å². The quantitative estimate of drug-likeness (QED) is 0.241. The van der Waals surface area contributed by atoms with E-state index in [2.05, 4.69) is 40.8 Å². The van der Waals surface area contributed by atoms with Gasteiger partial charge in [0.1, 0.15) is 11.1 Å². The van der Waals surface area contributed by atoms with Gasteiger partial charge in [-0.3, -0.25) is 5.41 Å². The summed E-state index contributed by atoms with van der Waals surface area (Å²) in [4.78, 5) is 4.85. The maximum atomic E-state index is 9.03. The topological polar surface area (TPSA) is 66.8 Å². The highest BCUT2D eigenvalue weighted by atomic mass is 16.3. The van der Waals surface area contributed by atoms with Crippen molar-refractivity contribution in [3.63, 3.8) is 0 Å². The number of fused-ring (bicyclic) bond motifs is 1. The lowest BCUT2D eigenvalue weighted by atomic mass is 9.98. The predicted octanol–water partition coefficient (Wildman–Crippen LogP) is 7.01. The van der Waals surface area contributed by atoms with E-state index in [1.165, 1.54) is 19.3 Å². The number of aliphatic hydroxyl groups excluding tert-OH is 1. The Morgan fingerprint density at radius 2 is 1.60 bits per heavy atom. The van der Waals surface area contributed by atoms with Gasteiger partial charge in [-0.2, -0.15) is 0 Å². The maximum Gasteiger partial charge on any atom is 0.146 e. The van der Waals surface area contributed by atoms with Crippen molar-refractivity contribution in [2.75, 3.05) is 0 Å². The Balaban J connectivity index is 0.000000403. The second kappa shape index (κ2) is 12.6. The molecule has 0 amide bonds. The van der Waals surface area contributed by atoms with E-state index in [1.807, 2.05) is 66.1 Å². The highest BCUT2D eigenvalue weighted by Gasteiger charge is 2.23. The predicted molar refractivity (Wildman–Crippen MR) is 163 cm³/mol. The van der Waals surface area contributed by atoms with Crippen molar-refractivity contribution in [3.8, 4) is 34.7 Å². The lowest BCUT2D eigenvalue weighted by molar-refractivity contribution is 0.130. The van der Waals surface area contributed by atoms with E-state index in [-0.39, 0.29) is 6.10 Å². The van der Waals surface area contributed by atoms with E-state index < -0.39 is 0 Å². The standard InChI is InChI=1S/C29H24N4.C6H12O/c1-3-21-12-11-13-22(18-21)19-33-27(24-16-9-6-10-17-24)25(23-14-7-5-8-15-23)26-28(30)32(4-2)20-31-29(26)33;7-6-4-2-1-3-5-6/h1,5-18,20,30H,4,19H2,2H3;6-7H,1-5H2. The molecule has 6 rings (SSSR count). The number of hydrogen-bond acceptors (Lipinski definition) is 3. The summed E-state index contributed by atoms with van der Waals surface area (Å²) in [5, 5.41) is 18.8. The van der Waals surface area contributed by atoms with Crippen molar-refractivity contribution < 1.29 is 5.11 Å². The smallest absolute Gasteiger partial charge is 0.146 e. The van der Waals surface area contributed by atoms with Gasteiger partial charge in [0, 0.05) is 24.2 Å². The van der Waals surface area contributed by atoms with Crippen LogP contribution in [0.3, 0.4) is 0 Å². The SMILES string of the molecule is C#Cc1cccc(Cn2c(-c3ccccc3)c(-c3ccccc3)c3c(=N)n(CC)cnc32)c1.OC1CCCCC1. The van der Waals surface area contributed by atoms with Gasteiger partial charge in [0.2, 0.25) is 0 Å². The molecule has 1 aliphatic rings. The van der Waals surface area contributed by atoms with Gasteiger partial charge in [0.05, 0.1) is 23.5 Å². The van der Waals surface area contributed by atoms with E-state index >= 15 is 0 Å². The highest BCUT2D eigenvalue weighted by molar-refractivity contribution is 6.02. The second-order valence-electron chi connectivity index (χ2n) is 10.3. The Kier molecular flexibility index (Phi) is 8.59. The number of rotatable bonds is 5. The first-order chi connectivity index (χ1) is 19.6. The molecular weight excluding hydrogens is 492 g/mol. The second-order valence-corrected chi connectivity index (χ2v) is 10.3. The minimum atomic E-state index is 0.0359. The summed E-state index contributed by atoms with van der Waals surface area (Å²) in [5.41, 5.74) is 7.46. The summed E-state index contributed by atoms with van der Waals surface area (Å²) in [5.74, 6) is 2.73. The molecule has 0 saturated heterocycles. The zero-order valence-electron chi connectivity index (χ0n) is 23.1. The van der Waals surface area contributed by atoms with Gasteiger partial charge in [0.15, 0.2) is 0 Å². The number of nitrogens with one attached hydrogen (secondary N) is 1. The highest BCUT2D eigenvalue weighted by Crippen LogP contribution is 2.39. The molecule has 0 aliphatic heterocycles. The number of aliphatic hydroxyl groups is 1. The van der Waals surface area contributed by atoms with Crippen LogP contribution in [0.25, 0.3) is 33.4 Å². The van der Waals surface area contributed by atoms with E-state index in [0.717, 1.165) is 57.4 Å². The minimum Gasteiger partial charge on any atom is -0.393 e. The van der Waals surface area contributed by atoms with E-state index in [0.29, 0.717) is 18.6 Å². The van der Waals surface area contributed by atoms with Gasteiger partial charge in [-0.1, -0.05) is 98.0 Å². The molecule has 1 fully saturated rings. The first kappa shape index (κ1) is 27.2. The first-order valence-corrected chi connectivity index (χ1v) is 14.1. The minimum absolute atomic E-state index is 0.0359. The van der Waals surface area contributed by atoms with Crippen molar-refractivity contribution in [2.45, 2.75) is 58.2 Å². The zero-order valence-corrected chi connectivity index (χ0v) is 23.1. The summed E-state index contributed by atoms with van der Waals surface area (Å²) < 4.78 is 4.10. The van der Waals surface area contributed by atoms with Crippen LogP contribution in [0.15, 0.2) is 91.3 Å². The van der Waals surface area contributed by atoms with Gasteiger partial charge in [-0.05, 0) is 48.6 Å². The van der Waals surface area contributed by atoms with Crippen LogP contribution in [0.5, 0.6) is 0 Å². The van der Waals surface area contributed by atoms with Crippen LogP contribution in [-0.2, 0) is 13.1 Å². The van der Waals surface area contributed by atoms with E-state index in [4.69, 9.17) is 21.9 Å². The molecule has 5 aromatic rings. The van der Waals surface area contributed by atoms with E-state index in [9.17, 15) is 0 Å². The number of nitrogens with zero attached hydrogens (tertiary/aromatic N) is 3. The molecule has 0 atom stereocenters. The summed E-state index contributed by atoms with van der Waals surface area (Å²) in [6.07, 6.45) is 13.3. The molecule has 202 valence electrons. The van der Waals surface area contributed by atoms with Crippen molar-refractivity contribution in [2.24, 2.45) is 0 Å². The third-order valence-electron chi connectivity index (χ3n) is 7.54. The van der Waals surface area contributed by atoms with Crippen molar-refractivity contribution in [1.82, 2.24) is 14.1 Å². The van der Waals surface area contributed by atoms with Crippen LogP contribution in [0.1, 0.15) is 50.2 Å². The Bertz CT molecular complexity index is 1670. The molecule has 5 nitrogen and oxygen atoms in total. The molecule has 3 aromatic carbocycles. The summed E-state index contributed by atoms with van der Waals surface area (Å²) >= 11 is 0. The van der Waals surface area contributed by atoms with Crippen molar-refractivity contribution in [3.05, 3.63) is 108 Å². The van der Waals surface area contributed by atoms with Gasteiger partial charge in [0.25, 0.3) is 0 Å². The van der Waals surface area contributed by atoms with Gasteiger partial charge < -0.3 is 14.2 Å². The van der Waals surface area contributed by atoms with E-state index in [1.54, 1.807) is 6.33 Å². The number of terminal acetylenes is 1. The van der Waals surface area contributed by atoms with Crippen molar-refractivity contribution in [1.29, 1.82) is 5.41 Å². The fraction of sp³-hybridized carbons (Fsp3) is 0.257. The molecule has 2 N–H and O–H groups in total. The third-order valence-corrected chi connectivity index (χ3v) is 7.54. The average molecular weight is 529 g/mol. The molecule has 2 aromatic heterocycles. The van der Waals surface area contributed by atoms with Crippen LogP contribution >= 0.6 is 0 Å². The number of aryl methyl sites for hydroxylation is 1. The zero-order chi connectivity index (χ0) is 27.9. The molecule has 0 spiro atoms. The largest absolute Gasteiger partial charge is 0.393 e.